The first kappa shape index (κ1) is 24.7. The van der Waals surface area contributed by atoms with Crippen molar-refractivity contribution in [3.63, 3.8) is 0 Å². The Bertz CT molecular complexity index is 1180. The van der Waals surface area contributed by atoms with Crippen molar-refractivity contribution in [3.8, 4) is 6.07 Å². The molecule has 0 bridgehead atoms. The van der Waals surface area contributed by atoms with Crippen LogP contribution in [0.5, 0.6) is 0 Å². The van der Waals surface area contributed by atoms with Gasteiger partial charge in [-0.05, 0) is 48.4 Å². The third-order valence-electron chi connectivity index (χ3n) is 6.10. The largest absolute Gasteiger partial charge is 0.368 e. The maximum absolute atomic E-state index is 12.7. The molecule has 4 rings (SSSR count). The Morgan fingerprint density at radius 2 is 1.80 bits per heavy atom. The van der Waals surface area contributed by atoms with E-state index in [1.54, 1.807) is 29.2 Å². The Kier molecular flexibility index (Phi) is 8.38. The molecular formula is C28H29ClN4O2. The van der Waals surface area contributed by atoms with E-state index in [4.69, 9.17) is 21.6 Å². The predicted molar refractivity (Wildman–Crippen MR) is 138 cm³/mol. The molecule has 1 atom stereocenters. The number of urea groups is 1. The minimum absolute atomic E-state index is 0.109. The number of rotatable bonds is 7. The van der Waals surface area contributed by atoms with Crippen LogP contribution in [-0.4, -0.2) is 48.6 Å². The van der Waals surface area contributed by atoms with Gasteiger partial charge in [0.25, 0.3) is 0 Å². The number of carbonyl (C=O) groups is 1. The van der Waals surface area contributed by atoms with E-state index in [1.807, 2.05) is 30.3 Å². The molecule has 180 valence electrons. The molecule has 1 N–H and O–H groups in total. The van der Waals surface area contributed by atoms with Crippen LogP contribution in [0.25, 0.3) is 0 Å². The average Bonchev–Trinajstić information content (AvgIpc) is 2.87. The van der Waals surface area contributed by atoms with Crippen molar-refractivity contribution < 1.29 is 9.53 Å². The highest BCUT2D eigenvalue weighted by Gasteiger charge is 2.24. The lowest BCUT2D eigenvalue weighted by molar-refractivity contribution is 0.00592. The van der Waals surface area contributed by atoms with Gasteiger partial charge >= 0.3 is 6.03 Å². The smallest absolute Gasteiger partial charge is 0.321 e. The molecule has 1 aliphatic heterocycles. The van der Waals surface area contributed by atoms with E-state index in [2.05, 4.69) is 41.4 Å². The fourth-order valence-corrected chi connectivity index (χ4v) is 4.29. The summed E-state index contributed by atoms with van der Waals surface area (Å²) in [5, 5.41) is 12.7. The van der Waals surface area contributed by atoms with Gasteiger partial charge in [0, 0.05) is 43.4 Å². The number of amides is 2. The second-order valence-corrected chi connectivity index (χ2v) is 9.19. The Labute approximate surface area is 211 Å². The van der Waals surface area contributed by atoms with Gasteiger partial charge in [-0.15, -0.1) is 0 Å². The number of carbonyl (C=O) groups excluding carboxylic acids is 1. The number of benzene rings is 3. The number of ether oxygens (including phenoxy) is 1. The van der Waals surface area contributed by atoms with Gasteiger partial charge in [0.15, 0.2) is 0 Å². The summed E-state index contributed by atoms with van der Waals surface area (Å²) in [5.74, 6) is 0. The van der Waals surface area contributed by atoms with Crippen LogP contribution in [0, 0.1) is 18.3 Å². The van der Waals surface area contributed by atoms with Crippen LogP contribution in [0.4, 0.5) is 10.5 Å². The molecule has 0 aromatic heterocycles. The molecule has 2 amide bonds. The maximum Gasteiger partial charge on any atom is 0.321 e. The first-order chi connectivity index (χ1) is 17.0. The fourth-order valence-electron chi connectivity index (χ4n) is 4.17. The Hall–Kier alpha value is -3.37. The first-order valence-electron chi connectivity index (χ1n) is 11.7. The van der Waals surface area contributed by atoms with Crippen molar-refractivity contribution in [2.75, 3.05) is 38.0 Å². The number of aryl methyl sites for hydroxylation is 1. The molecule has 3 aromatic carbocycles. The summed E-state index contributed by atoms with van der Waals surface area (Å²) in [6.07, 6.45) is -0.109. The molecule has 7 heteroatoms. The second kappa shape index (κ2) is 11.9. The lowest BCUT2D eigenvalue weighted by Crippen LogP contribution is -2.50. The van der Waals surface area contributed by atoms with Crippen molar-refractivity contribution in [3.05, 3.63) is 100 Å². The van der Waals surface area contributed by atoms with Crippen LogP contribution >= 0.6 is 11.6 Å². The molecule has 1 saturated heterocycles. The fraction of sp³-hybridized carbons (Fsp3) is 0.286. The van der Waals surface area contributed by atoms with Crippen molar-refractivity contribution in [1.82, 2.24) is 9.80 Å². The molecule has 1 heterocycles. The first-order valence-corrected chi connectivity index (χ1v) is 12.1. The molecule has 0 aliphatic carbocycles. The minimum atomic E-state index is -0.148. The summed E-state index contributed by atoms with van der Waals surface area (Å²) in [5.41, 5.74) is 4.59. The highest BCUT2D eigenvalue weighted by Crippen LogP contribution is 2.24. The minimum Gasteiger partial charge on any atom is -0.368 e. The summed E-state index contributed by atoms with van der Waals surface area (Å²) in [6, 6.07) is 25.1. The van der Waals surface area contributed by atoms with Gasteiger partial charge in [0.1, 0.15) is 0 Å². The molecule has 0 spiro atoms. The van der Waals surface area contributed by atoms with Crippen LogP contribution in [0.15, 0.2) is 72.8 Å². The Morgan fingerprint density at radius 3 is 2.51 bits per heavy atom. The number of nitrogens with zero attached hydrogens (tertiary/aromatic N) is 3. The van der Waals surface area contributed by atoms with Gasteiger partial charge in [0.05, 0.1) is 24.3 Å². The lowest BCUT2D eigenvalue weighted by Gasteiger charge is -2.36. The molecule has 1 aliphatic rings. The van der Waals surface area contributed by atoms with Gasteiger partial charge < -0.3 is 15.0 Å². The molecule has 6 nitrogen and oxygen atoms in total. The number of hydrogen-bond donors (Lipinski definition) is 1. The van der Waals surface area contributed by atoms with Gasteiger partial charge in [-0.25, -0.2) is 4.79 Å². The van der Waals surface area contributed by atoms with Crippen molar-refractivity contribution in [2.45, 2.75) is 19.6 Å². The Balaban J connectivity index is 1.35. The summed E-state index contributed by atoms with van der Waals surface area (Å²) in [6.45, 7) is 6.08. The van der Waals surface area contributed by atoms with Crippen molar-refractivity contribution in [1.29, 1.82) is 5.26 Å². The number of nitriles is 1. The van der Waals surface area contributed by atoms with E-state index < -0.39 is 0 Å². The normalized spacial score (nSPS) is 14.8. The molecule has 0 saturated carbocycles. The van der Waals surface area contributed by atoms with Crippen molar-refractivity contribution >= 4 is 23.3 Å². The lowest BCUT2D eigenvalue weighted by atomic mass is 10.1. The third kappa shape index (κ3) is 7.06. The molecule has 0 unspecified atom stereocenters. The zero-order valence-corrected chi connectivity index (χ0v) is 20.5. The van der Waals surface area contributed by atoms with Gasteiger partial charge in [-0.3, -0.25) is 4.90 Å². The van der Waals surface area contributed by atoms with Crippen LogP contribution in [0.1, 0.15) is 28.4 Å². The van der Waals surface area contributed by atoms with E-state index >= 15 is 0 Å². The summed E-state index contributed by atoms with van der Waals surface area (Å²) in [4.78, 5) is 16.8. The highest BCUT2D eigenvalue weighted by atomic mass is 35.5. The highest BCUT2D eigenvalue weighted by molar-refractivity contribution is 6.30. The van der Waals surface area contributed by atoms with Crippen LogP contribution in [0.3, 0.4) is 0 Å². The molecule has 1 fully saturated rings. The molecular weight excluding hydrogens is 460 g/mol. The van der Waals surface area contributed by atoms with E-state index in [0.717, 1.165) is 30.8 Å². The summed E-state index contributed by atoms with van der Waals surface area (Å²) in [7, 11) is 0. The van der Waals surface area contributed by atoms with Crippen molar-refractivity contribution in [2.24, 2.45) is 0 Å². The van der Waals surface area contributed by atoms with E-state index in [9.17, 15) is 4.79 Å². The van der Waals surface area contributed by atoms with E-state index in [1.165, 1.54) is 5.56 Å². The summed E-state index contributed by atoms with van der Waals surface area (Å²) >= 11 is 6.11. The standard InChI is InChI=1S/C28H29ClN4O2/c1-21-4-2-6-23(16-21)20-35-27(24-8-10-25(29)11-9-24)19-32-12-14-33(15-13-32)28(34)31-26-7-3-5-22(17-26)18-30/h2-11,16-17,27H,12-15,19-20H2,1H3,(H,31,34)/t27-/m1/s1. The van der Waals surface area contributed by atoms with Gasteiger partial charge in [-0.2, -0.15) is 5.26 Å². The second-order valence-electron chi connectivity index (χ2n) is 8.75. The molecule has 35 heavy (non-hydrogen) atoms. The van der Waals surface area contributed by atoms with E-state index in [0.29, 0.717) is 36.0 Å². The zero-order chi connectivity index (χ0) is 24.6. The maximum atomic E-state index is 12.7. The average molecular weight is 489 g/mol. The van der Waals surface area contributed by atoms with Gasteiger partial charge in [-0.1, -0.05) is 59.6 Å². The summed E-state index contributed by atoms with van der Waals surface area (Å²) < 4.78 is 6.38. The van der Waals surface area contributed by atoms with Gasteiger partial charge in [0.2, 0.25) is 0 Å². The SMILES string of the molecule is Cc1cccc(CO[C@H](CN2CCN(C(=O)Nc3cccc(C#N)c3)CC2)c2ccc(Cl)cc2)c1. The van der Waals surface area contributed by atoms with Crippen LogP contribution < -0.4 is 5.32 Å². The number of anilines is 1. The molecule has 3 aromatic rings. The number of nitrogens with one attached hydrogen (secondary N) is 1. The number of hydrogen-bond acceptors (Lipinski definition) is 4. The third-order valence-corrected chi connectivity index (χ3v) is 6.35. The molecule has 0 radical (unpaired) electrons. The quantitative estimate of drug-likeness (QED) is 0.468. The predicted octanol–water partition coefficient (Wildman–Crippen LogP) is 5.63. The van der Waals surface area contributed by atoms with E-state index in [-0.39, 0.29) is 12.1 Å². The van der Waals surface area contributed by atoms with Crippen LogP contribution in [0.2, 0.25) is 5.02 Å². The number of halogens is 1. The monoisotopic (exact) mass is 488 g/mol. The zero-order valence-electron chi connectivity index (χ0n) is 19.8. The van der Waals surface area contributed by atoms with Crippen LogP contribution in [-0.2, 0) is 11.3 Å². The topological polar surface area (TPSA) is 68.6 Å². The Morgan fingerprint density at radius 1 is 1.06 bits per heavy atom. The number of piperazine rings is 1.